The zero-order chi connectivity index (χ0) is 16.4. The molecule has 2 heterocycles. The van der Waals surface area contributed by atoms with Gasteiger partial charge in [-0.1, -0.05) is 13.0 Å². The molecule has 1 aromatic heterocycles. The fraction of sp³-hybridized carbons (Fsp3) is 0.500. The van der Waals surface area contributed by atoms with Crippen LogP contribution >= 0.6 is 0 Å². The summed E-state index contributed by atoms with van der Waals surface area (Å²) in [6.45, 7) is 7.31. The van der Waals surface area contributed by atoms with Crippen LogP contribution in [0.25, 0.3) is 5.69 Å². The van der Waals surface area contributed by atoms with Gasteiger partial charge in [-0.15, -0.1) is 15.0 Å². The molecule has 0 amide bonds. The van der Waals surface area contributed by atoms with Crippen LogP contribution in [0.5, 0.6) is 0 Å². The second kappa shape index (κ2) is 6.41. The molecule has 3 rings (SSSR count). The molecule has 1 fully saturated rings. The Morgan fingerprint density at radius 3 is 2.74 bits per heavy atom. The number of benzene rings is 1. The van der Waals surface area contributed by atoms with Gasteiger partial charge in [0, 0.05) is 12.6 Å². The Balaban J connectivity index is 2.00. The second-order valence-electron chi connectivity index (χ2n) is 6.29. The van der Waals surface area contributed by atoms with Crippen molar-refractivity contribution in [2.45, 2.75) is 52.5 Å². The number of nitrogens with zero attached hydrogens (tertiary/aromatic N) is 5. The molecule has 1 aromatic carbocycles. The third-order valence-electron chi connectivity index (χ3n) is 4.79. The number of nitriles is 1. The van der Waals surface area contributed by atoms with Crippen molar-refractivity contribution in [1.29, 1.82) is 5.26 Å². The lowest BCUT2D eigenvalue weighted by Gasteiger charge is -2.35. The molecule has 2 aromatic rings. The standard InChI is InChI=1S/C18H23N5/c1-4-15-7-5-6-10-22(15)18-17(12-19)20-23(21-18)16-9-8-13(2)14(3)11-16/h8-9,11,15H,4-7,10H2,1-3H3/t15-/m1/s1. The van der Waals surface area contributed by atoms with Gasteiger partial charge < -0.3 is 4.90 Å². The van der Waals surface area contributed by atoms with Crippen molar-refractivity contribution in [3.05, 3.63) is 35.0 Å². The van der Waals surface area contributed by atoms with Gasteiger partial charge in [-0.25, -0.2) is 0 Å². The number of rotatable bonds is 3. The van der Waals surface area contributed by atoms with E-state index in [0.717, 1.165) is 37.3 Å². The van der Waals surface area contributed by atoms with Gasteiger partial charge in [-0.3, -0.25) is 0 Å². The summed E-state index contributed by atoms with van der Waals surface area (Å²) in [4.78, 5) is 3.87. The summed E-state index contributed by atoms with van der Waals surface area (Å²) in [7, 11) is 0. The van der Waals surface area contributed by atoms with Crippen molar-refractivity contribution in [3.63, 3.8) is 0 Å². The molecular weight excluding hydrogens is 286 g/mol. The molecular formula is C18H23N5. The van der Waals surface area contributed by atoms with Gasteiger partial charge in [0.15, 0.2) is 5.82 Å². The van der Waals surface area contributed by atoms with E-state index < -0.39 is 0 Å². The van der Waals surface area contributed by atoms with Crippen molar-refractivity contribution in [2.75, 3.05) is 11.4 Å². The van der Waals surface area contributed by atoms with E-state index >= 15 is 0 Å². The molecule has 1 aliphatic heterocycles. The highest BCUT2D eigenvalue weighted by Gasteiger charge is 2.26. The van der Waals surface area contributed by atoms with E-state index in [4.69, 9.17) is 0 Å². The predicted octanol–water partition coefficient (Wildman–Crippen LogP) is 3.52. The van der Waals surface area contributed by atoms with E-state index in [1.807, 2.05) is 6.07 Å². The number of aryl methyl sites for hydroxylation is 2. The van der Waals surface area contributed by atoms with E-state index in [2.05, 4.69) is 54.1 Å². The SMILES string of the molecule is CC[C@@H]1CCCCN1c1nn(-c2ccc(C)c(C)c2)nc1C#N. The number of hydrogen-bond donors (Lipinski definition) is 0. The van der Waals surface area contributed by atoms with Crippen molar-refractivity contribution in [1.82, 2.24) is 15.0 Å². The van der Waals surface area contributed by atoms with E-state index in [1.165, 1.54) is 17.5 Å². The maximum absolute atomic E-state index is 9.47. The first-order valence-electron chi connectivity index (χ1n) is 8.35. The monoisotopic (exact) mass is 309 g/mol. The zero-order valence-electron chi connectivity index (χ0n) is 14.1. The molecule has 0 saturated carbocycles. The summed E-state index contributed by atoms with van der Waals surface area (Å²) < 4.78 is 0. The third kappa shape index (κ3) is 2.94. The quantitative estimate of drug-likeness (QED) is 0.870. The number of anilines is 1. The minimum Gasteiger partial charge on any atom is -0.350 e. The van der Waals surface area contributed by atoms with Gasteiger partial charge in [0.2, 0.25) is 5.69 Å². The molecule has 0 unspecified atom stereocenters. The Kier molecular flexibility index (Phi) is 4.33. The largest absolute Gasteiger partial charge is 0.350 e. The van der Waals surface area contributed by atoms with Gasteiger partial charge in [0.05, 0.1) is 5.69 Å². The highest BCUT2D eigenvalue weighted by Crippen LogP contribution is 2.27. The lowest BCUT2D eigenvalue weighted by atomic mass is 10.00. The minimum atomic E-state index is 0.420. The average Bonchev–Trinajstić information content (AvgIpc) is 3.01. The Morgan fingerprint density at radius 1 is 1.22 bits per heavy atom. The predicted molar refractivity (Wildman–Crippen MR) is 90.8 cm³/mol. The fourth-order valence-corrected chi connectivity index (χ4v) is 3.23. The lowest BCUT2D eigenvalue weighted by Crippen LogP contribution is -2.39. The Hall–Kier alpha value is -2.35. The van der Waals surface area contributed by atoms with Crippen LogP contribution < -0.4 is 4.90 Å². The molecule has 5 heteroatoms. The maximum Gasteiger partial charge on any atom is 0.207 e. The highest BCUT2D eigenvalue weighted by atomic mass is 15.5. The van der Waals surface area contributed by atoms with Crippen LogP contribution in [0.1, 0.15) is 49.4 Å². The summed E-state index contributed by atoms with van der Waals surface area (Å²) in [6, 6.07) is 8.81. The Labute approximate surface area is 137 Å². The first-order chi connectivity index (χ1) is 11.1. The topological polar surface area (TPSA) is 57.7 Å². The van der Waals surface area contributed by atoms with Crippen molar-refractivity contribution < 1.29 is 0 Å². The van der Waals surface area contributed by atoms with Crippen LogP contribution in [-0.2, 0) is 0 Å². The average molecular weight is 309 g/mol. The molecule has 5 nitrogen and oxygen atoms in total. The summed E-state index contributed by atoms with van der Waals surface area (Å²) >= 11 is 0. The number of hydrogen-bond acceptors (Lipinski definition) is 4. The first kappa shape index (κ1) is 15.5. The van der Waals surface area contributed by atoms with Crippen LogP contribution in [-0.4, -0.2) is 27.6 Å². The molecule has 23 heavy (non-hydrogen) atoms. The molecule has 0 N–H and O–H groups in total. The molecule has 0 radical (unpaired) electrons. The smallest absolute Gasteiger partial charge is 0.207 e. The fourth-order valence-electron chi connectivity index (χ4n) is 3.23. The van der Waals surface area contributed by atoms with Crippen LogP contribution in [0, 0.1) is 25.2 Å². The van der Waals surface area contributed by atoms with Gasteiger partial charge in [-0.2, -0.15) is 5.26 Å². The van der Waals surface area contributed by atoms with E-state index in [1.54, 1.807) is 4.80 Å². The van der Waals surface area contributed by atoms with Gasteiger partial charge in [0.25, 0.3) is 0 Å². The second-order valence-corrected chi connectivity index (χ2v) is 6.29. The molecule has 0 aliphatic carbocycles. The summed E-state index contributed by atoms with van der Waals surface area (Å²) in [5.41, 5.74) is 3.76. The molecule has 0 spiro atoms. The first-order valence-corrected chi connectivity index (χ1v) is 8.35. The highest BCUT2D eigenvalue weighted by molar-refractivity contribution is 5.51. The molecule has 1 atom stereocenters. The summed E-state index contributed by atoms with van der Waals surface area (Å²) in [6.07, 6.45) is 4.64. The number of aromatic nitrogens is 3. The normalized spacial score (nSPS) is 18.0. The van der Waals surface area contributed by atoms with Crippen molar-refractivity contribution in [2.24, 2.45) is 0 Å². The Bertz CT molecular complexity index is 740. The van der Waals surface area contributed by atoms with E-state index in [-0.39, 0.29) is 0 Å². The summed E-state index contributed by atoms with van der Waals surface area (Å²) in [5.74, 6) is 0.734. The lowest BCUT2D eigenvalue weighted by molar-refractivity contribution is 0.446. The molecule has 1 saturated heterocycles. The van der Waals surface area contributed by atoms with Crippen LogP contribution in [0.4, 0.5) is 5.82 Å². The Morgan fingerprint density at radius 2 is 2.04 bits per heavy atom. The minimum absolute atomic E-state index is 0.420. The summed E-state index contributed by atoms with van der Waals surface area (Å²) in [5, 5.41) is 18.5. The van der Waals surface area contributed by atoms with Gasteiger partial charge in [-0.05, 0) is 62.8 Å². The van der Waals surface area contributed by atoms with E-state index in [9.17, 15) is 5.26 Å². The van der Waals surface area contributed by atoms with Gasteiger partial charge in [0.1, 0.15) is 6.07 Å². The molecule has 120 valence electrons. The molecule has 0 bridgehead atoms. The van der Waals surface area contributed by atoms with Crippen LogP contribution in [0.2, 0.25) is 0 Å². The maximum atomic E-state index is 9.47. The van der Waals surface area contributed by atoms with Crippen LogP contribution in [0.15, 0.2) is 18.2 Å². The van der Waals surface area contributed by atoms with Crippen molar-refractivity contribution in [3.8, 4) is 11.8 Å². The van der Waals surface area contributed by atoms with Crippen molar-refractivity contribution >= 4 is 5.82 Å². The zero-order valence-corrected chi connectivity index (χ0v) is 14.1. The number of piperidine rings is 1. The third-order valence-corrected chi connectivity index (χ3v) is 4.79. The van der Waals surface area contributed by atoms with Crippen LogP contribution in [0.3, 0.4) is 0 Å². The molecule has 1 aliphatic rings. The van der Waals surface area contributed by atoms with Gasteiger partial charge >= 0.3 is 0 Å². The van der Waals surface area contributed by atoms with E-state index in [0.29, 0.717) is 11.7 Å².